The third kappa shape index (κ3) is 2.47. The zero-order valence-corrected chi connectivity index (χ0v) is 8.69. The van der Waals surface area contributed by atoms with E-state index >= 15 is 0 Å². The van der Waals surface area contributed by atoms with Crippen molar-refractivity contribution in [2.24, 2.45) is 0 Å². The predicted molar refractivity (Wildman–Crippen MR) is 50.6 cm³/mol. The lowest BCUT2D eigenvalue weighted by molar-refractivity contribution is 0.400. The van der Waals surface area contributed by atoms with E-state index in [2.05, 4.69) is 0 Å². The van der Waals surface area contributed by atoms with E-state index in [1.54, 1.807) is 0 Å². The van der Waals surface area contributed by atoms with E-state index in [1.165, 1.54) is 6.42 Å². The van der Waals surface area contributed by atoms with Crippen LogP contribution in [0.2, 0.25) is 0 Å². The van der Waals surface area contributed by atoms with E-state index in [9.17, 15) is 4.21 Å². The Morgan fingerprint density at radius 2 is 2.40 bits per heavy atom. The highest BCUT2D eigenvalue weighted by Gasteiger charge is 2.20. The SMILES string of the molecule is O=S1CCCCC1COI. The van der Waals surface area contributed by atoms with Gasteiger partial charge in [-0.15, -0.1) is 0 Å². The summed E-state index contributed by atoms with van der Waals surface area (Å²) in [5.41, 5.74) is 0. The van der Waals surface area contributed by atoms with Gasteiger partial charge in [0.25, 0.3) is 0 Å². The van der Waals surface area contributed by atoms with Crippen molar-refractivity contribution in [3.63, 3.8) is 0 Å². The number of hydrogen-bond donors (Lipinski definition) is 0. The zero-order chi connectivity index (χ0) is 7.40. The van der Waals surface area contributed by atoms with Gasteiger partial charge in [-0.2, -0.15) is 0 Å². The predicted octanol–water partition coefficient (Wildman–Crippen LogP) is 1.65. The molecule has 2 atom stereocenters. The van der Waals surface area contributed by atoms with Crippen LogP contribution in [0.5, 0.6) is 0 Å². The van der Waals surface area contributed by atoms with Crippen LogP contribution in [0.4, 0.5) is 0 Å². The van der Waals surface area contributed by atoms with E-state index in [1.807, 2.05) is 23.0 Å². The first-order valence-electron chi connectivity index (χ1n) is 3.45. The van der Waals surface area contributed by atoms with Crippen molar-refractivity contribution in [2.45, 2.75) is 24.5 Å². The first-order chi connectivity index (χ1) is 4.84. The Morgan fingerprint density at radius 1 is 1.60 bits per heavy atom. The van der Waals surface area contributed by atoms with Crippen molar-refractivity contribution in [2.75, 3.05) is 12.4 Å². The van der Waals surface area contributed by atoms with E-state index in [0.717, 1.165) is 18.6 Å². The molecule has 0 aromatic heterocycles. The topological polar surface area (TPSA) is 26.3 Å². The molecule has 1 heterocycles. The molecule has 1 rings (SSSR count). The third-order valence-electron chi connectivity index (χ3n) is 1.74. The molecule has 1 saturated heterocycles. The van der Waals surface area contributed by atoms with Gasteiger partial charge in [0.05, 0.1) is 11.9 Å². The van der Waals surface area contributed by atoms with Crippen LogP contribution >= 0.6 is 23.0 Å². The van der Waals surface area contributed by atoms with Gasteiger partial charge in [-0.25, -0.2) is 0 Å². The molecule has 0 aliphatic carbocycles. The summed E-state index contributed by atoms with van der Waals surface area (Å²) >= 11 is 1.87. The molecular formula is C6H11IO2S. The lowest BCUT2D eigenvalue weighted by Gasteiger charge is -2.19. The Labute approximate surface area is 77.9 Å². The van der Waals surface area contributed by atoms with Crippen LogP contribution < -0.4 is 0 Å². The van der Waals surface area contributed by atoms with E-state index in [0.29, 0.717) is 11.9 Å². The molecule has 2 nitrogen and oxygen atoms in total. The molecule has 1 aliphatic rings. The minimum atomic E-state index is -0.608. The van der Waals surface area contributed by atoms with Gasteiger partial charge in [-0.1, -0.05) is 6.42 Å². The van der Waals surface area contributed by atoms with Crippen molar-refractivity contribution >= 4 is 33.8 Å². The second-order valence-corrected chi connectivity index (χ2v) is 4.94. The summed E-state index contributed by atoms with van der Waals surface area (Å²) in [5.74, 6) is 0.880. The number of rotatable bonds is 2. The van der Waals surface area contributed by atoms with Crippen LogP contribution in [0.3, 0.4) is 0 Å². The first-order valence-corrected chi connectivity index (χ1v) is 5.71. The van der Waals surface area contributed by atoms with Crippen molar-refractivity contribution in [1.29, 1.82) is 0 Å². The van der Waals surface area contributed by atoms with Gasteiger partial charge in [0, 0.05) is 16.6 Å². The van der Waals surface area contributed by atoms with Crippen molar-refractivity contribution in [3.05, 3.63) is 0 Å². The smallest absolute Gasteiger partial charge is 0.109 e. The van der Waals surface area contributed by atoms with Gasteiger partial charge < -0.3 is 3.07 Å². The zero-order valence-electron chi connectivity index (χ0n) is 5.72. The Hall–Kier alpha value is 0.840. The Bertz CT molecular complexity index is 127. The van der Waals surface area contributed by atoms with Crippen molar-refractivity contribution < 1.29 is 7.28 Å². The molecule has 4 heteroatoms. The third-order valence-corrected chi connectivity index (χ3v) is 3.91. The molecule has 1 aliphatic heterocycles. The normalized spacial score (nSPS) is 34.1. The van der Waals surface area contributed by atoms with E-state index in [-0.39, 0.29) is 0 Å². The molecule has 10 heavy (non-hydrogen) atoms. The fourth-order valence-corrected chi connectivity index (χ4v) is 3.29. The fourth-order valence-electron chi connectivity index (χ4n) is 1.14. The lowest BCUT2D eigenvalue weighted by atomic mass is 10.2. The highest BCUT2D eigenvalue weighted by Crippen LogP contribution is 2.16. The highest BCUT2D eigenvalue weighted by atomic mass is 127. The van der Waals surface area contributed by atoms with Crippen molar-refractivity contribution in [1.82, 2.24) is 0 Å². The molecule has 0 bridgehead atoms. The molecule has 0 aromatic rings. The van der Waals surface area contributed by atoms with Crippen LogP contribution in [-0.4, -0.2) is 21.8 Å². The summed E-state index contributed by atoms with van der Waals surface area (Å²) in [6.07, 6.45) is 3.43. The molecule has 0 saturated carbocycles. The van der Waals surface area contributed by atoms with E-state index in [4.69, 9.17) is 3.07 Å². The van der Waals surface area contributed by atoms with Gasteiger partial charge in [0.15, 0.2) is 0 Å². The summed E-state index contributed by atoms with van der Waals surface area (Å²) < 4.78 is 16.1. The van der Waals surface area contributed by atoms with Gasteiger partial charge in [-0.05, 0) is 12.8 Å². The Morgan fingerprint density at radius 3 is 3.00 bits per heavy atom. The number of hydrogen-bond acceptors (Lipinski definition) is 2. The average Bonchev–Trinajstić information content (AvgIpc) is 1.94. The summed E-state index contributed by atoms with van der Waals surface area (Å²) in [6.45, 7) is 0.660. The highest BCUT2D eigenvalue weighted by molar-refractivity contribution is 14.1. The molecule has 0 amide bonds. The average molecular weight is 274 g/mol. The molecular weight excluding hydrogens is 263 g/mol. The first kappa shape index (κ1) is 8.93. The van der Waals surface area contributed by atoms with Crippen LogP contribution in [0.15, 0.2) is 0 Å². The standard InChI is InChI=1S/C6H11IO2S/c7-9-5-6-3-1-2-4-10(6)8/h6H,1-5H2. The molecule has 0 aromatic carbocycles. The maximum absolute atomic E-state index is 11.2. The van der Waals surface area contributed by atoms with Crippen LogP contribution in [0.25, 0.3) is 0 Å². The lowest BCUT2D eigenvalue weighted by Crippen LogP contribution is -2.26. The quantitative estimate of drug-likeness (QED) is 0.716. The summed E-state index contributed by atoms with van der Waals surface area (Å²) in [6, 6.07) is 0. The molecule has 0 radical (unpaired) electrons. The summed E-state index contributed by atoms with van der Waals surface area (Å²) in [7, 11) is -0.608. The van der Waals surface area contributed by atoms with Crippen LogP contribution in [0, 0.1) is 0 Å². The van der Waals surface area contributed by atoms with Gasteiger partial charge in [-0.3, -0.25) is 4.21 Å². The van der Waals surface area contributed by atoms with Gasteiger partial charge in [0.1, 0.15) is 23.0 Å². The molecule has 1 fully saturated rings. The Kier molecular flexibility index (Phi) is 4.17. The molecule has 0 N–H and O–H groups in total. The molecule has 2 unspecified atom stereocenters. The van der Waals surface area contributed by atoms with Crippen LogP contribution in [0.1, 0.15) is 19.3 Å². The Balaban J connectivity index is 2.32. The second-order valence-electron chi connectivity index (χ2n) is 2.48. The second kappa shape index (κ2) is 4.66. The molecule has 0 spiro atoms. The largest absolute Gasteiger partial charge is 0.315 e. The maximum atomic E-state index is 11.2. The minimum absolute atomic E-state index is 0.311. The monoisotopic (exact) mass is 274 g/mol. The van der Waals surface area contributed by atoms with Gasteiger partial charge in [0.2, 0.25) is 0 Å². The van der Waals surface area contributed by atoms with Crippen LogP contribution in [-0.2, 0) is 13.9 Å². The van der Waals surface area contributed by atoms with E-state index < -0.39 is 10.8 Å². The summed E-state index contributed by atoms with van der Waals surface area (Å²) in [4.78, 5) is 0. The maximum Gasteiger partial charge on any atom is 0.109 e. The molecule has 60 valence electrons. The summed E-state index contributed by atoms with van der Waals surface area (Å²) in [5, 5.41) is 0.311. The van der Waals surface area contributed by atoms with Gasteiger partial charge >= 0.3 is 0 Å². The number of halogens is 1. The van der Waals surface area contributed by atoms with Crippen molar-refractivity contribution in [3.8, 4) is 0 Å². The fraction of sp³-hybridized carbons (Fsp3) is 1.00. The minimum Gasteiger partial charge on any atom is -0.315 e.